The molecule has 9 heteroatoms. The average Bonchev–Trinajstić information content (AvgIpc) is 3.25. The molecule has 0 spiro atoms. The molecule has 30 heavy (non-hydrogen) atoms. The Labute approximate surface area is 173 Å². The first kappa shape index (κ1) is 19.7. The molecule has 0 aliphatic carbocycles. The Balaban J connectivity index is 1.69. The van der Waals surface area contributed by atoms with Gasteiger partial charge in [-0.25, -0.2) is 18.4 Å². The van der Waals surface area contributed by atoms with Gasteiger partial charge >= 0.3 is 0 Å². The third kappa shape index (κ3) is 3.67. The zero-order valence-corrected chi connectivity index (χ0v) is 17.2. The monoisotopic (exact) mass is 421 g/mol. The second-order valence-electron chi connectivity index (χ2n) is 6.89. The Morgan fingerprint density at radius 1 is 0.900 bits per heavy atom. The first-order valence-electron chi connectivity index (χ1n) is 9.22. The molecule has 2 N–H and O–H groups in total. The highest BCUT2D eigenvalue weighted by molar-refractivity contribution is 7.92. The fourth-order valence-corrected chi connectivity index (χ4v) is 3.86. The van der Waals surface area contributed by atoms with Gasteiger partial charge in [-0.1, -0.05) is 30.3 Å². The molecule has 2 heterocycles. The van der Waals surface area contributed by atoms with Crippen molar-refractivity contribution >= 4 is 15.7 Å². The summed E-state index contributed by atoms with van der Waals surface area (Å²) >= 11 is 0. The van der Waals surface area contributed by atoms with Crippen LogP contribution in [0.25, 0.3) is 34.3 Å². The van der Waals surface area contributed by atoms with Crippen molar-refractivity contribution in [3.05, 3.63) is 60.8 Å². The van der Waals surface area contributed by atoms with Gasteiger partial charge in [0.05, 0.1) is 22.0 Å². The number of aromatic nitrogens is 4. The fraction of sp³-hybridized carbons (Fsp3) is 0.143. The number of nitrogens with zero attached hydrogens (tertiary/aromatic N) is 4. The molecule has 0 fully saturated rings. The predicted octanol–water partition coefficient (Wildman–Crippen LogP) is 3.62. The van der Waals surface area contributed by atoms with E-state index in [9.17, 15) is 8.42 Å². The van der Waals surface area contributed by atoms with E-state index in [0.29, 0.717) is 17.1 Å². The van der Waals surface area contributed by atoms with Gasteiger partial charge < -0.3 is 10.2 Å². The Kier molecular flexibility index (Phi) is 5.04. The molecule has 0 unspecified atom stereocenters. The quantitative estimate of drug-likeness (QED) is 0.518. The van der Waals surface area contributed by atoms with Crippen LogP contribution < -0.4 is 5.73 Å². The average molecular weight is 421 g/mol. The molecule has 2 aromatic heterocycles. The third-order valence-electron chi connectivity index (χ3n) is 4.55. The molecule has 0 saturated carbocycles. The smallest absolute Gasteiger partial charge is 0.270 e. The van der Waals surface area contributed by atoms with Crippen LogP contribution in [-0.4, -0.2) is 33.8 Å². The van der Waals surface area contributed by atoms with Crippen LogP contribution in [0, 0.1) is 0 Å². The van der Waals surface area contributed by atoms with E-state index >= 15 is 0 Å². The van der Waals surface area contributed by atoms with Gasteiger partial charge in [0.1, 0.15) is 0 Å². The minimum atomic E-state index is -3.35. The molecule has 0 amide bonds. The van der Waals surface area contributed by atoms with Crippen LogP contribution in [0.4, 0.5) is 5.82 Å². The van der Waals surface area contributed by atoms with Crippen LogP contribution in [0.5, 0.6) is 0 Å². The summed E-state index contributed by atoms with van der Waals surface area (Å²) in [4.78, 5) is 8.95. The minimum Gasteiger partial charge on any atom is -0.414 e. The molecule has 0 bridgehead atoms. The van der Waals surface area contributed by atoms with Crippen LogP contribution in [0.3, 0.4) is 0 Å². The van der Waals surface area contributed by atoms with E-state index < -0.39 is 15.1 Å². The molecule has 2 aromatic carbocycles. The Hall–Kier alpha value is -3.59. The number of rotatable bonds is 5. The summed E-state index contributed by atoms with van der Waals surface area (Å²) < 4.78 is 30.4. The Morgan fingerprint density at radius 3 is 2.23 bits per heavy atom. The van der Waals surface area contributed by atoms with Crippen LogP contribution in [0.2, 0.25) is 0 Å². The number of anilines is 1. The lowest BCUT2D eigenvalue weighted by Crippen LogP contribution is -2.13. The summed E-state index contributed by atoms with van der Waals surface area (Å²) in [5, 5.41) is 7.60. The van der Waals surface area contributed by atoms with E-state index in [1.165, 1.54) is 6.20 Å². The number of hydrogen-bond donors (Lipinski definition) is 1. The van der Waals surface area contributed by atoms with E-state index in [2.05, 4.69) is 20.2 Å². The van der Waals surface area contributed by atoms with Crippen molar-refractivity contribution in [2.24, 2.45) is 0 Å². The van der Waals surface area contributed by atoms with E-state index in [-0.39, 0.29) is 22.3 Å². The summed E-state index contributed by atoms with van der Waals surface area (Å²) in [6.07, 6.45) is 1.51. The summed E-state index contributed by atoms with van der Waals surface area (Å²) in [5.74, 6) is 0.654. The lowest BCUT2D eigenvalue weighted by Gasteiger charge is -2.09. The highest BCUT2D eigenvalue weighted by Gasteiger charge is 2.20. The second kappa shape index (κ2) is 7.68. The molecule has 0 aliphatic rings. The topological polar surface area (TPSA) is 125 Å². The number of hydrogen-bond acceptors (Lipinski definition) is 8. The first-order chi connectivity index (χ1) is 14.4. The van der Waals surface area contributed by atoms with Gasteiger partial charge in [0.2, 0.25) is 5.89 Å². The van der Waals surface area contributed by atoms with Crippen LogP contribution in [-0.2, 0) is 9.84 Å². The molecule has 0 aliphatic heterocycles. The Morgan fingerprint density at radius 2 is 1.57 bits per heavy atom. The summed E-state index contributed by atoms with van der Waals surface area (Å²) in [6.45, 7) is 3.30. The minimum absolute atomic E-state index is 0.153. The van der Waals surface area contributed by atoms with E-state index in [1.807, 2.05) is 30.3 Å². The highest BCUT2D eigenvalue weighted by atomic mass is 32.2. The number of benzene rings is 2. The largest absolute Gasteiger partial charge is 0.414 e. The van der Waals surface area contributed by atoms with Gasteiger partial charge in [-0.05, 0) is 38.1 Å². The molecule has 4 rings (SSSR count). The van der Waals surface area contributed by atoms with E-state index in [1.54, 1.807) is 38.1 Å². The van der Waals surface area contributed by atoms with Gasteiger partial charge in [-0.15, -0.1) is 10.2 Å². The number of nitrogens with two attached hydrogens (primary N) is 1. The zero-order chi connectivity index (χ0) is 21.3. The van der Waals surface area contributed by atoms with Crippen molar-refractivity contribution in [2.75, 3.05) is 5.73 Å². The second-order valence-corrected chi connectivity index (χ2v) is 9.39. The van der Waals surface area contributed by atoms with Gasteiger partial charge in [-0.2, -0.15) is 0 Å². The van der Waals surface area contributed by atoms with Crippen LogP contribution in [0.15, 0.2) is 70.1 Å². The number of sulfone groups is 1. The summed E-state index contributed by atoms with van der Waals surface area (Å²) in [7, 11) is -3.35. The van der Waals surface area contributed by atoms with Crippen LogP contribution in [0.1, 0.15) is 13.8 Å². The molecule has 0 atom stereocenters. The molecule has 152 valence electrons. The van der Waals surface area contributed by atoms with Gasteiger partial charge in [-0.3, -0.25) is 0 Å². The van der Waals surface area contributed by atoms with Crippen molar-refractivity contribution < 1.29 is 12.8 Å². The maximum atomic E-state index is 12.3. The SMILES string of the molecule is CC(C)S(=O)(=O)c1ccc(-c2cnc(N)c(-c3nnc(-c4ccccc4)o3)n2)cc1. The zero-order valence-electron chi connectivity index (χ0n) is 16.4. The summed E-state index contributed by atoms with van der Waals surface area (Å²) in [5.41, 5.74) is 8.22. The van der Waals surface area contributed by atoms with Crippen molar-refractivity contribution in [2.45, 2.75) is 24.0 Å². The van der Waals surface area contributed by atoms with Crippen molar-refractivity contribution in [1.82, 2.24) is 20.2 Å². The molecule has 0 saturated heterocycles. The van der Waals surface area contributed by atoms with Crippen molar-refractivity contribution in [3.63, 3.8) is 0 Å². The third-order valence-corrected chi connectivity index (χ3v) is 6.72. The van der Waals surface area contributed by atoms with Gasteiger partial charge in [0, 0.05) is 11.1 Å². The predicted molar refractivity (Wildman–Crippen MR) is 113 cm³/mol. The van der Waals surface area contributed by atoms with Crippen molar-refractivity contribution in [1.29, 1.82) is 0 Å². The molecule has 8 nitrogen and oxygen atoms in total. The first-order valence-corrected chi connectivity index (χ1v) is 10.8. The lowest BCUT2D eigenvalue weighted by molar-refractivity contribution is 0.582. The normalized spacial score (nSPS) is 11.7. The molecular weight excluding hydrogens is 402 g/mol. The standard InChI is InChI=1S/C21H19N5O3S/c1-13(2)30(27,28)16-10-8-14(9-11-16)17-12-23-19(22)18(24-17)21-26-25-20(29-21)15-6-4-3-5-7-15/h3-13H,1-2H3,(H2,22,23). The van der Waals surface area contributed by atoms with E-state index in [0.717, 1.165) is 5.56 Å². The summed E-state index contributed by atoms with van der Waals surface area (Å²) in [6, 6.07) is 15.8. The highest BCUT2D eigenvalue weighted by Crippen LogP contribution is 2.28. The van der Waals surface area contributed by atoms with E-state index in [4.69, 9.17) is 10.2 Å². The Bertz CT molecular complexity index is 1280. The van der Waals surface area contributed by atoms with Gasteiger partial charge in [0.15, 0.2) is 21.3 Å². The molecule has 4 aromatic rings. The van der Waals surface area contributed by atoms with Gasteiger partial charge in [0.25, 0.3) is 5.89 Å². The molecular formula is C21H19N5O3S. The fourth-order valence-electron chi connectivity index (χ4n) is 2.80. The maximum Gasteiger partial charge on any atom is 0.270 e. The van der Waals surface area contributed by atoms with Crippen LogP contribution >= 0.6 is 0 Å². The maximum absolute atomic E-state index is 12.3. The lowest BCUT2D eigenvalue weighted by atomic mass is 10.1. The molecule has 0 radical (unpaired) electrons. The van der Waals surface area contributed by atoms with Crippen molar-refractivity contribution in [3.8, 4) is 34.3 Å². The number of nitrogen functional groups attached to an aromatic ring is 1.